The summed E-state index contributed by atoms with van der Waals surface area (Å²) in [7, 11) is 0. The van der Waals surface area contributed by atoms with Gasteiger partial charge in [0.25, 0.3) is 0 Å². The van der Waals surface area contributed by atoms with Gasteiger partial charge < -0.3 is 26.0 Å². The van der Waals surface area contributed by atoms with E-state index in [2.05, 4.69) is 26.3 Å². The number of nitrogens with zero attached hydrogens (tertiary/aromatic N) is 3. The SMILES string of the molecule is NC1NN2CC(F)CNC2C1C(=O)NC1CNCC(F)C1N1CCC(C(=O)N2CC3(COC3)C2)CC1. The molecule has 0 aliphatic carbocycles. The molecule has 6 saturated heterocycles. The van der Waals surface area contributed by atoms with Crippen LogP contribution in [-0.2, 0) is 14.3 Å². The molecule has 0 aromatic heterocycles. The van der Waals surface area contributed by atoms with Crippen molar-refractivity contribution in [3.05, 3.63) is 0 Å². The summed E-state index contributed by atoms with van der Waals surface area (Å²) >= 11 is 0. The van der Waals surface area contributed by atoms with Gasteiger partial charge in [0.05, 0.1) is 49.0 Å². The first-order valence-electron chi connectivity index (χ1n) is 13.3. The number of fused-ring (bicyclic) bond motifs is 1. The Hall–Kier alpha value is -1.48. The van der Waals surface area contributed by atoms with E-state index in [0.29, 0.717) is 32.5 Å². The van der Waals surface area contributed by atoms with Crippen LogP contribution in [0, 0.1) is 17.3 Å². The van der Waals surface area contributed by atoms with E-state index in [1.165, 1.54) is 0 Å². The minimum absolute atomic E-state index is 0.0299. The van der Waals surface area contributed by atoms with Gasteiger partial charge in [0.2, 0.25) is 11.8 Å². The lowest BCUT2D eigenvalue weighted by molar-refractivity contribution is -0.198. The summed E-state index contributed by atoms with van der Waals surface area (Å²) in [4.78, 5) is 30.3. The lowest BCUT2D eigenvalue weighted by atomic mass is 9.77. The van der Waals surface area contributed by atoms with Gasteiger partial charge >= 0.3 is 0 Å². The standard InChI is InChI=1S/C23H38F2N8O3/c24-14-5-28-20-17(19(26)30-33(20)8-14)21(34)29-16-7-27-6-15(25)18(16)31-3-1-13(2-4-31)22(35)32-9-23(10-32)11-36-12-23/h13-20,27-28,30H,1-12,26H2,(H,29,34). The first-order valence-corrected chi connectivity index (χ1v) is 13.3. The van der Waals surface area contributed by atoms with Crippen molar-refractivity contribution >= 4 is 11.8 Å². The van der Waals surface area contributed by atoms with Gasteiger partial charge in [0.1, 0.15) is 12.3 Å². The van der Waals surface area contributed by atoms with E-state index in [4.69, 9.17) is 10.5 Å². The molecular formula is C23H38F2N8O3. The van der Waals surface area contributed by atoms with Crippen LogP contribution in [0.15, 0.2) is 0 Å². The monoisotopic (exact) mass is 512 g/mol. The van der Waals surface area contributed by atoms with Crippen LogP contribution in [0.3, 0.4) is 0 Å². The number of hydrogen-bond donors (Lipinski definition) is 5. The molecular weight excluding hydrogens is 474 g/mol. The van der Waals surface area contributed by atoms with E-state index in [-0.39, 0.29) is 42.8 Å². The van der Waals surface area contributed by atoms with Gasteiger partial charge in [0, 0.05) is 45.2 Å². The quantitative estimate of drug-likeness (QED) is 0.274. The average Bonchev–Trinajstić information content (AvgIpc) is 3.12. The molecule has 0 aromatic carbocycles. The number of amides is 2. The van der Waals surface area contributed by atoms with Gasteiger partial charge in [0.15, 0.2) is 0 Å². The highest BCUT2D eigenvalue weighted by molar-refractivity contribution is 5.81. The molecule has 7 unspecified atom stereocenters. The fourth-order valence-electron chi connectivity index (χ4n) is 6.94. The molecule has 7 atom stereocenters. The van der Waals surface area contributed by atoms with E-state index in [1.807, 2.05) is 4.90 Å². The number of nitrogens with one attached hydrogen (secondary N) is 4. The summed E-state index contributed by atoms with van der Waals surface area (Å²) < 4.78 is 34.3. The summed E-state index contributed by atoms with van der Waals surface area (Å²) in [5.41, 5.74) is 9.38. The fourth-order valence-corrected chi connectivity index (χ4v) is 6.94. The smallest absolute Gasteiger partial charge is 0.229 e. The maximum atomic E-state index is 15.2. The first-order chi connectivity index (χ1) is 17.3. The molecule has 6 heterocycles. The van der Waals surface area contributed by atoms with Crippen molar-refractivity contribution in [2.24, 2.45) is 23.0 Å². The number of piperidine rings is 2. The number of nitrogens with two attached hydrogens (primary N) is 1. The lowest BCUT2D eigenvalue weighted by Crippen LogP contribution is -2.69. The Kier molecular flexibility index (Phi) is 6.68. The molecule has 6 aliphatic heterocycles. The van der Waals surface area contributed by atoms with E-state index in [9.17, 15) is 14.0 Å². The van der Waals surface area contributed by atoms with Crippen molar-refractivity contribution in [2.75, 3.05) is 65.6 Å². The number of rotatable bonds is 4. The first kappa shape index (κ1) is 24.8. The second-order valence-electron chi connectivity index (χ2n) is 11.6. The number of hydrogen-bond acceptors (Lipinski definition) is 9. The van der Waals surface area contributed by atoms with E-state index in [1.54, 1.807) is 5.01 Å². The molecule has 11 nitrogen and oxygen atoms in total. The predicted octanol–water partition coefficient (Wildman–Crippen LogP) is -2.66. The summed E-state index contributed by atoms with van der Waals surface area (Å²) in [6.45, 7) is 5.34. The largest absolute Gasteiger partial charge is 0.380 e. The number of alkyl halides is 2. The third kappa shape index (κ3) is 4.42. The third-order valence-electron chi connectivity index (χ3n) is 8.92. The molecule has 1 spiro atoms. The Morgan fingerprint density at radius 1 is 1.08 bits per heavy atom. The fraction of sp³-hybridized carbons (Fsp3) is 0.913. The Morgan fingerprint density at radius 3 is 2.53 bits per heavy atom. The van der Waals surface area contributed by atoms with Crippen LogP contribution in [0.25, 0.3) is 0 Å². The van der Waals surface area contributed by atoms with Crippen LogP contribution in [0.4, 0.5) is 8.78 Å². The van der Waals surface area contributed by atoms with Crippen molar-refractivity contribution in [1.29, 1.82) is 0 Å². The molecule has 6 aliphatic rings. The molecule has 202 valence electrons. The second-order valence-corrected chi connectivity index (χ2v) is 11.6. The normalized spacial score (nSPS) is 41.4. The minimum Gasteiger partial charge on any atom is -0.380 e. The van der Waals surface area contributed by atoms with Crippen molar-refractivity contribution in [3.8, 4) is 0 Å². The zero-order valence-electron chi connectivity index (χ0n) is 20.5. The predicted molar refractivity (Wildman–Crippen MR) is 126 cm³/mol. The number of ether oxygens (including phenoxy) is 1. The molecule has 6 rings (SSSR count). The van der Waals surface area contributed by atoms with Gasteiger partial charge in [-0.1, -0.05) is 0 Å². The zero-order valence-corrected chi connectivity index (χ0v) is 20.5. The molecule has 13 heteroatoms. The molecule has 6 fully saturated rings. The number of likely N-dealkylation sites (tertiary alicyclic amines) is 2. The Bertz CT molecular complexity index is 849. The Balaban J connectivity index is 1.05. The lowest BCUT2D eigenvalue weighted by Gasteiger charge is -2.56. The highest BCUT2D eigenvalue weighted by atomic mass is 19.1. The molecule has 36 heavy (non-hydrogen) atoms. The summed E-state index contributed by atoms with van der Waals surface area (Å²) in [5.74, 6) is -0.711. The maximum absolute atomic E-state index is 15.2. The highest BCUT2D eigenvalue weighted by Gasteiger charge is 2.52. The van der Waals surface area contributed by atoms with Crippen molar-refractivity contribution in [1.82, 2.24) is 36.2 Å². The number of carbonyl (C=O) groups excluding carboxylic acids is 2. The Labute approximate surface area is 209 Å². The third-order valence-corrected chi connectivity index (χ3v) is 8.92. The summed E-state index contributed by atoms with van der Waals surface area (Å²) in [5, 5.41) is 10.9. The van der Waals surface area contributed by atoms with Crippen LogP contribution in [0.5, 0.6) is 0 Å². The van der Waals surface area contributed by atoms with Gasteiger partial charge in [-0.15, -0.1) is 0 Å². The summed E-state index contributed by atoms with van der Waals surface area (Å²) in [6.07, 6.45) is -1.85. The van der Waals surface area contributed by atoms with Crippen molar-refractivity contribution in [3.63, 3.8) is 0 Å². The minimum atomic E-state index is -1.14. The zero-order chi connectivity index (χ0) is 25.0. The average molecular weight is 513 g/mol. The van der Waals surface area contributed by atoms with Gasteiger partial charge in [-0.3, -0.25) is 19.8 Å². The van der Waals surface area contributed by atoms with Crippen LogP contribution in [-0.4, -0.2) is 129 Å². The number of halogens is 2. The van der Waals surface area contributed by atoms with E-state index in [0.717, 1.165) is 26.3 Å². The second kappa shape index (κ2) is 9.68. The van der Waals surface area contributed by atoms with Crippen LogP contribution >= 0.6 is 0 Å². The van der Waals surface area contributed by atoms with Gasteiger partial charge in [-0.05, 0) is 25.9 Å². The van der Waals surface area contributed by atoms with Crippen molar-refractivity contribution in [2.45, 2.75) is 49.6 Å². The molecule has 2 amide bonds. The van der Waals surface area contributed by atoms with Crippen molar-refractivity contribution < 1.29 is 23.1 Å². The van der Waals surface area contributed by atoms with Gasteiger partial charge in [-0.2, -0.15) is 0 Å². The van der Waals surface area contributed by atoms with E-state index >= 15 is 4.39 Å². The Morgan fingerprint density at radius 2 is 1.83 bits per heavy atom. The van der Waals surface area contributed by atoms with Gasteiger partial charge in [-0.25, -0.2) is 19.2 Å². The van der Waals surface area contributed by atoms with Crippen LogP contribution < -0.4 is 27.1 Å². The topological polar surface area (TPSA) is 127 Å². The molecule has 0 bridgehead atoms. The molecule has 6 N–H and O–H groups in total. The number of hydrazine groups is 1. The molecule has 0 aromatic rings. The molecule has 0 radical (unpaired) electrons. The highest BCUT2D eigenvalue weighted by Crippen LogP contribution is 2.39. The molecule has 0 saturated carbocycles. The number of carbonyl (C=O) groups is 2. The van der Waals surface area contributed by atoms with E-state index < -0.39 is 42.7 Å². The van der Waals surface area contributed by atoms with Crippen LogP contribution in [0.2, 0.25) is 0 Å². The summed E-state index contributed by atoms with van der Waals surface area (Å²) in [6, 6.07) is -0.900. The maximum Gasteiger partial charge on any atom is 0.229 e. The van der Waals surface area contributed by atoms with Crippen LogP contribution in [0.1, 0.15) is 12.8 Å².